The van der Waals surface area contributed by atoms with Crippen molar-refractivity contribution in [2.24, 2.45) is 0 Å². The predicted molar refractivity (Wildman–Crippen MR) is 133 cm³/mol. The first-order valence-corrected chi connectivity index (χ1v) is 11.3. The zero-order chi connectivity index (χ0) is 24.8. The van der Waals surface area contributed by atoms with Gasteiger partial charge in [-0.2, -0.15) is 0 Å². The van der Waals surface area contributed by atoms with Gasteiger partial charge in [-0.1, -0.05) is 66.2 Å². The smallest absolute Gasteiger partial charge is 0.167 e. The topological polar surface area (TPSA) is 18.5 Å². The summed E-state index contributed by atoms with van der Waals surface area (Å²) in [6.07, 6.45) is 2.34. The van der Waals surface area contributed by atoms with Gasteiger partial charge in [0.2, 0.25) is 0 Å². The molecule has 0 aliphatic rings. The zero-order valence-electron chi connectivity index (χ0n) is 19.4. The number of hydrogen-bond donors (Lipinski definition) is 0. The molecule has 0 aliphatic carbocycles. The molecule has 178 valence electrons. The largest absolute Gasteiger partial charge is 0.490 e. The van der Waals surface area contributed by atoms with Crippen LogP contribution in [0.3, 0.4) is 0 Å². The molecule has 0 atom stereocenters. The summed E-state index contributed by atoms with van der Waals surface area (Å²) in [5.74, 6) is -1.59. The fourth-order valence-corrected chi connectivity index (χ4v) is 3.61. The average molecular weight is 475 g/mol. The fourth-order valence-electron chi connectivity index (χ4n) is 3.61. The van der Waals surface area contributed by atoms with E-state index < -0.39 is 17.5 Å². The van der Waals surface area contributed by atoms with Gasteiger partial charge in [0.05, 0.1) is 6.61 Å². The maximum absolute atomic E-state index is 14.7. The Hall–Kier alpha value is -3.99. The third-order valence-electron chi connectivity index (χ3n) is 5.62. The molecule has 35 heavy (non-hydrogen) atoms. The van der Waals surface area contributed by atoms with Gasteiger partial charge in [0.25, 0.3) is 0 Å². The van der Waals surface area contributed by atoms with E-state index in [-0.39, 0.29) is 23.5 Å². The summed E-state index contributed by atoms with van der Waals surface area (Å²) in [4.78, 5) is 0. The van der Waals surface area contributed by atoms with E-state index in [0.717, 1.165) is 11.1 Å². The van der Waals surface area contributed by atoms with E-state index in [2.05, 4.69) is 6.58 Å². The van der Waals surface area contributed by atoms with E-state index in [1.807, 2.05) is 19.1 Å². The minimum Gasteiger partial charge on any atom is -0.490 e. The summed E-state index contributed by atoms with van der Waals surface area (Å²) < 4.78 is 54.8. The van der Waals surface area contributed by atoms with Gasteiger partial charge >= 0.3 is 0 Å². The molecule has 0 saturated carbocycles. The highest BCUT2D eigenvalue weighted by atomic mass is 19.2. The van der Waals surface area contributed by atoms with Crippen molar-refractivity contribution in [2.75, 3.05) is 6.61 Å². The van der Waals surface area contributed by atoms with Crippen molar-refractivity contribution in [3.63, 3.8) is 0 Å². The first-order chi connectivity index (χ1) is 17.0. The first kappa shape index (κ1) is 24.1. The quantitative estimate of drug-likeness (QED) is 0.179. The van der Waals surface area contributed by atoms with Crippen molar-refractivity contribution >= 4 is 0 Å². The second-order valence-electron chi connectivity index (χ2n) is 8.15. The van der Waals surface area contributed by atoms with Crippen LogP contribution < -0.4 is 9.47 Å². The van der Waals surface area contributed by atoms with Crippen molar-refractivity contribution < 1.29 is 22.6 Å². The van der Waals surface area contributed by atoms with Gasteiger partial charge in [-0.25, -0.2) is 13.2 Å². The Morgan fingerprint density at radius 3 is 2.11 bits per heavy atom. The van der Waals surface area contributed by atoms with Crippen LogP contribution in [0.5, 0.6) is 11.5 Å². The molecule has 0 bridgehead atoms. The Balaban J connectivity index is 1.42. The van der Waals surface area contributed by atoms with Gasteiger partial charge in [0.15, 0.2) is 23.2 Å². The van der Waals surface area contributed by atoms with Crippen molar-refractivity contribution in [3.05, 3.63) is 120 Å². The second-order valence-corrected chi connectivity index (χ2v) is 8.15. The summed E-state index contributed by atoms with van der Waals surface area (Å²) in [6, 6.07) is 22.1. The van der Waals surface area contributed by atoms with Crippen LogP contribution in [0.1, 0.15) is 17.5 Å². The summed E-state index contributed by atoms with van der Waals surface area (Å²) in [5, 5.41) is 0. The van der Waals surface area contributed by atoms with E-state index in [4.69, 9.17) is 9.47 Å². The Labute approximate surface area is 203 Å². The summed E-state index contributed by atoms with van der Waals surface area (Å²) in [7, 11) is 0. The highest BCUT2D eigenvalue weighted by Gasteiger charge is 2.15. The number of aryl methyl sites for hydroxylation is 1. The van der Waals surface area contributed by atoms with Gasteiger partial charge in [-0.3, -0.25) is 0 Å². The first-order valence-electron chi connectivity index (χ1n) is 11.3. The van der Waals surface area contributed by atoms with E-state index in [1.165, 1.54) is 12.1 Å². The lowest BCUT2D eigenvalue weighted by Crippen LogP contribution is -2.02. The van der Waals surface area contributed by atoms with E-state index >= 15 is 0 Å². The molecular weight excluding hydrogens is 449 g/mol. The molecule has 0 saturated heterocycles. The normalized spacial score (nSPS) is 10.7. The lowest BCUT2D eigenvalue weighted by molar-refractivity contribution is 0.297. The van der Waals surface area contributed by atoms with Gasteiger partial charge in [-0.15, -0.1) is 6.58 Å². The number of ether oxygens (including phenoxy) is 2. The van der Waals surface area contributed by atoms with Crippen molar-refractivity contribution in [3.8, 4) is 33.8 Å². The van der Waals surface area contributed by atoms with Gasteiger partial charge < -0.3 is 9.47 Å². The van der Waals surface area contributed by atoms with Gasteiger partial charge in [-0.05, 0) is 54.3 Å². The molecule has 0 heterocycles. The Bertz CT molecular complexity index is 1310. The van der Waals surface area contributed by atoms with Crippen LogP contribution in [-0.2, 0) is 6.61 Å². The van der Waals surface area contributed by atoms with Crippen LogP contribution in [-0.4, -0.2) is 6.61 Å². The molecule has 0 spiro atoms. The number of rotatable bonds is 9. The molecule has 0 N–H and O–H groups in total. The van der Waals surface area contributed by atoms with Crippen LogP contribution in [0.25, 0.3) is 22.3 Å². The minimum absolute atomic E-state index is 0.122. The van der Waals surface area contributed by atoms with Crippen LogP contribution >= 0.6 is 0 Å². The summed E-state index contributed by atoms with van der Waals surface area (Å²) in [5.41, 5.74) is 3.46. The van der Waals surface area contributed by atoms with Crippen LogP contribution in [0.2, 0.25) is 0 Å². The molecule has 0 amide bonds. The van der Waals surface area contributed by atoms with Crippen molar-refractivity contribution in [2.45, 2.75) is 20.0 Å². The molecule has 5 heteroatoms. The van der Waals surface area contributed by atoms with E-state index in [1.54, 1.807) is 60.7 Å². The summed E-state index contributed by atoms with van der Waals surface area (Å²) >= 11 is 0. The molecule has 0 unspecified atom stereocenters. The lowest BCUT2D eigenvalue weighted by Gasteiger charge is -2.11. The molecule has 0 aliphatic heterocycles. The van der Waals surface area contributed by atoms with Crippen LogP contribution in [0, 0.1) is 24.4 Å². The molecule has 0 radical (unpaired) electrons. The Morgan fingerprint density at radius 2 is 1.43 bits per heavy atom. The minimum atomic E-state index is -0.925. The number of halogens is 3. The van der Waals surface area contributed by atoms with Crippen LogP contribution in [0.4, 0.5) is 13.2 Å². The highest BCUT2D eigenvalue weighted by molar-refractivity contribution is 5.66. The molecular formula is C30H25F3O2. The number of hydrogen-bond acceptors (Lipinski definition) is 2. The standard InChI is InChI=1S/C30H25F3O2/c1-3-4-17-34-28-16-12-23(18-27(28)31)21-9-13-25(14-10-21)35-19-24-11-15-26(30(33)29(24)32)22-7-5-20(2)6-8-22/h3,5-16,18H,1,4,17,19H2,2H3. The van der Waals surface area contributed by atoms with E-state index in [9.17, 15) is 13.2 Å². The van der Waals surface area contributed by atoms with Crippen molar-refractivity contribution in [1.82, 2.24) is 0 Å². The van der Waals surface area contributed by atoms with Gasteiger partial charge in [0, 0.05) is 11.1 Å². The SMILES string of the molecule is C=CCCOc1ccc(-c2ccc(OCc3ccc(-c4ccc(C)cc4)c(F)c3F)cc2)cc1F. The van der Waals surface area contributed by atoms with Crippen molar-refractivity contribution in [1.29, 1.82) is 0 Å². The average Bonchev–Trinajstić information content (AvgIpc) is 2.87. The fraction of sp³-hybridized carbons (Fsp3) is 0.133. The highest BCUT2D eigenvalue weighted by Crippen LogP contribution is 2.29. The van der Waals surface area contributed by atoms with Crippen LogP contribution in [0.15, 0.2) is 91.5 Å². The number of benzene rings is 4. The third kappa shape index (κ3) is 5.75. The monoisotopic (exact) mass is 474 g/mol. The second kappa shape index (κ2) is 11.0. The molecule has 0 aromatic heterocycles. The third-order valence-corrected chi connectivity index (χ3v) is 5.62. The Morgan fingerprint density at radius 1 is 0.743 bits per heavy atom. The molecule has 4 rings (SSSR count). The van der Waals surface area contributed by atoms with E-state index in [0.29, 0.717) is 29.9 Å². The molecule has 0 fully saturated rings. The maximum atomic E-state index is 14.7. The van der Waals surface area contributed by atoms with Gasteiger partial charge in [0.1, 0.15) is 12.4 Å². The molecule has 4 aromatic rings. The molecule has 2 nitrogen and oxygen atoms in total. The predicted octanol–water partition coefficient (Wildman–Crippen LogP) is 8.28. The Kier molecular flexibility index (Phi) is 7.56. The summed E-state index contributed by atoms with van der Waals surface area (Å²) in [6.45, 7) is 5.79. The lowest BCUT2D eigenvalue weighted by atomic mass is 10.0. The maximum Gasteiger partial charge on any atom is 0.167 e. The molecule has 4 aromatic carbocycles. The zero-order valence-corrected chi connectivity index (χ0v) is 19.4.